The van der Waals surface area contributed by atoms with E-state index < -0.39 is 131 Å². The first-order chi connectivity index (χ1) is 36.5. The fourth-order valence-corrected chi connectivity index (χ4v) is 10.5. The van der Waals surface area contributed by atoms with E-state index in [4.69, 9.17) is 22.9 Å². The molecule has 15 N–H and O–H groups in total. The maximum absolute atomic E-state index is 14.8. The van der Waals surface area contributed by atoms with E-state index in [1.807, 2.05) is 27.7 Å². The van der Waals surface area contributed by atoms with Crippen LogP contribution in [0, 0.1) is 29.6 Å². The number of nitrogens with one attached hydrogen (secondary N) is 7. The normalized spacial score (nSPS) is 27.6. The van der Waals surface area contributed by atoms with Crippen LogP contribution in [-0.2, 0) is 47.9 Å². The van der Waals surface area contributed by atoms with Crippen molar-refractivity contribution in [1.82, 2.24) is 47.0 Å². The number of carbonyl (C=O) groups is 10. The van der Waals surface area contributed by atoms with E-state index >= 15 is 0 Å². The third-order valence-electron chi connectivity index (χ3n) is 14.7. The Morgan fingerprint density at radius 2 is 0.766 bits per heavy atom. The van der Waals surface area contributed by atoms with Gasteiger partial charge in [-0.15, -0.1) is 0 Å². The van der Waals surface area contributed by atoms with Gasteiger partial charge in [0.2, 0.25) is 53.2 Å². The highest BCUT2D eigenvalue weighted by molar-refractivity contribution is 6.07. The van der Waals surface area contributed by atoms with Gasteiger partial charge in [0, 0.05) is 13.1 Å². The summed E-state index contributed by atoms with van der Waals surface area (Å²) < 4.78 is 0. The van der Waals surface area contributed by atoms with Crippen molar-refractivity contribution in [1.29, 1.82) is 0 Å². The van der Waals surface area contributed by atoms with E-state index in [1.165, 1.54) is 9.80 Å². The summed E-state index contributed by atoms with van der Waals surface area (Å²) in [5.74, 6) is -9.02. The molecule has 0 radical (unpaired) electrons. The van der Waals surface area contributed by atoms with Crippen LogP contribution >= 0.6 is 0 Å². The number of nitrogens with two attached hydrogens (primary N) is 4. The Balaban J connectivity index is 2.22. The van der Waals surface area contributed by atoms with Crippen molar-refractivity contribution < 1.29 is 47.9 Å². The van der Waals surface area contributed by atoms with Crippen LogP contribution in [0.3, 0.4) is 0 Å². The molecule has 23 heteroatoms. The van der Waals surface area contributed by atoms with Crippen molar-refractivity contribution in [2.45, 2.75) is 212 Å². The van der Waals surface area contributed by atoms with Crippen LogP contribution in [-0.4, -0.2) is 162 Å². The van der Waals surface area contributed by atoms with Gasteiger partial charge in [0.1, 0.15) is 54.3 Å². The van der Waals surface area contributed by atoms with Gasteiger partial charge in [0.15, 0.2) is 5.78 Å². The first kappa shape index (κ1) is 66.0. The van der Waals surface area contributed by atoms with Crippen molar-refractivity contribution in [3.63, 3.8) is 0 Å². The number of carbonyl (C=O) groups excluding carboxylic acids is 10. The summed E-state index contributed by atoms with van der Waals surface area (Å²) in [5.41, 5.74) is 23.5. The summed E-state index contributed by atoms with van der Waals surface area (Å²) >= 11 is 0. The molecular weight excluding hydrogens is 991 g/mol. The topological polar surface area (TPSA) is 365 Å². The largest absolute Gasteiger partial charge is 0.344 e. The van der Waals surface area contributed by atoms with Crippen LogP contribution in [0.25, 0.3) is 0 Å². The molecule has 3 aliphatic heterocycles. The number of amides is 9. The molecule has 3 rings (SSSR count). The zero-order chi connectivity index (χ0) is 57.5. The van der Waals surface area contributed by atoms with Crippen molar-refractivity contribution in [3.05, 3.63) is 0 Å². The first-order valence-electron chi connectivity index (χ1n) is 28.6. The second kappa shape index (κ2) is 33.2. The molecule has 0 bridgehead atoms. The minimum atomic E-state index is -1.32. The molecule has 0 aromatic rings. The molecule has 0 aromatic heterocycles. The van der Waals surface area contributed by atoms with E-state index in [2.05, 4.69) is 37.2 Å². The maximum atomic E-state index is 14.8. The zero-order valence-electron chi connectivity index (χ0n) is 47.4. The summed E-state index contributed by atoms with van der Waals surface area (Å²) in [6.45, 7) is 15.6. The Labute approximate surface area is 456 Å². The van der Waals surface area contributed by atoms with Gasteiger partial charge >= 0.3 is 0 Å². The predicted octanol–water partition coefficient (Wildman–Crippen LogP) is -0.299. The van der Waals surface area contributed by atoms with E-state index in [-0.39, 0.29) is 89.4 Å². The number of nitrogens with zero attached hydrogens (tertiary/aromatic N) is 2. The van der Waals surface area contributed by atoms with Crippen LogP contribution in [0.15, 0.2) is 0 Å². The summed E-state index contributed by atoms with van der Waals surface area (Å²) in [6, 6.07) is -10.3. The Hall–Kier alpha value is -5.26. The van der Waals surface area contributed by atoms with Crippen LogP contribution in [0.5, 0.6) is 0 Å². The van der Waals surface area contributed by atoms with E-state index in [1.54, 1.807) is 27.7 Å². The molecule has 0 spiro atoms. The Morgan fingerprint density at radius 3 is 1.17 bits per heavy atom. The minimum absolute atomic E-state index is 0.0614. The highest BCUT2D eigenvalue weighted by Crippen LogP contribution is 2.27. The quantitative estimate of drug-likeness (QED) is 0.0551. The molecule has 23 nitrogen and oxygen atoms in total. The number of unbranched alkanes of at least 4 members (excludes halogenated alkanes) is 2. The minimum Gasteiger partial charge on any atom is -0.344 e. The van der Waals surface area contributed by atoms with Gasteiger partial charge in [-0.3, -0.25) is 47.9 Å². The number of fused-ring (bicyclic) bond motifs is 2. The Bertz CT molecular complexity index is 1990. The molecule has 0 saturated carbocycles. The molecule has 77 heavy (non-hydrogen) atoms. The van der Waals surface area contributed by atoms with Gasteiger partial charge in [-0.25, -0.2) is 0 Å². The predicted molar refractivity (Wildman–Crippen MR) is 292 cm³/mol. The molecular formula is C54H97N13O10. The molecule has 10 atom stereocenters. The van der Waals surface area contributed by atoms with Crippen molar-refractivity contribution in [3.8, 4) is 0 Å². The molecule has 9 amide bonds. The van der Waals surface area contributed by atoms with E-state index in [0.717, 1.165) is 0 Å². The molecule has 3 aliphatic rings. The SMILES string of the molecule is CC(C)C[C@@H]1NC(=O)[C@H](CCCN)NC(=O)[C@@H](C(C)C)C(=O)[C@@H]2CCCN2C(=O)[C@@H](CCCCN)NC(=O)[C@H](CC(C)C)NC(=O)[C@H](CCCN)NC(=O)[C@H](C(C)C)NC(=O)[C@@H]2CCCN2C(=O)[C@@H](CCCCN)NC1=O. The van der Waals surface area contributed by atoms with Gasteiger partial charge in [-0.1, -0.05) is 55.4 Å². The highest BCUT2D eigenvalue weighted by Gasteiger charge is 2.45. The lowest BCUT2D eigenvalue weighted by atomic mass is 9.85. The van der Waals surface area contributed by atoms with Gasteiger partial charge < -0.3 is 70.0 Å². The fourth-order valence-electron chi connectivity index (χ4n) is 10.5. The summed E-state index contributed by atoms with van der Waals surface area (Å²) in [4.78, 5) is 148. The average Bonchev–Trinajstić information content (AvgIpc) is 4.07. The number of hydrogen-bond donors (Lipinski definition) is 11. The third-order valence-corrected chi connectivity index (χ3v) is 14.7. The fraction of sp³-hybridized carbons (Fsp3) is 0.815. The van der Waals surface area contributed by atoms with Crippen LogP contribution < -0.4 is 60.2 Å². The molecule has 3 saturated heterocycles. The van der Waals surface area contributed by atoms with Gasteiger partial charge in [-0.05, 0) is 153 Å². The molecule has 0 unspecified atom stereocenters. The summed E-state index contributed by atoms with van der Waals surface area (Å²) in [7, 11) is 0. The molecule has 0 aromatic carbocycles. The summed E-state index contributed by atoms with van der Waals surface area (Å²) in [5, 5.41) is 19.8. The lowest BCUT2D eigenvalue weighted by molar-refractivity contribution is -0.146. The number of rotatable bonds is 20. The van der Waals surface area contributed by atoms with E-state index in [9.17, 15) is 47.9 Å². The van der Waals surface area contributed by atoms with Crippen LogP contribution in [0.2, 0.25) is 0 Å². The van der Waals surface area contributed by atoms with Crippen LogP contribution in [0.1, 0.15) is 158 Å². The van der Waals surface area contributed by atoms with E-state index in [0.29, 0.717) is 64.5 Å². The maximum Gasteiger partial charge on any atom is 0.245 e. The van der Waals surface area contributed by atoms with Crippen molar-refractivity contribution in [2.75, 3.05) is 39.3 Å². The molecule has 438 valence electrons. The smallest absolute Gasteiger partial charge is 0.245 e. The second-order valence-electron chi connectivity index (χ2n) is 22.8. The Kier molecular flexibility index (Phi) is 28.5. The van der Waals surface area contributed by atoms with Crippen molar-refractivity contribution >= 4 is 58.9 Å². The Morgan fingerprint density at radius 1 is 0.403 bits per heavy atom. The molecule has 3 fully saturated rings. The lowest BCUT2D eigenvalue weighted by Gasteiger charge is -2.33. The van der Waals surface area contributed by atoms with Gasteiger partial charge in [0.25, 0.3) is 0 Å². The number of hydrogen-bond acceptors (Lipinski definition) is 14. The molecule has 3 heterocycles. The average molecular weight is 1090 g/mol. The third kappa shape index (κ3) is 20.2. The number of Topliss-reactive ketones (excluding diaryl/α,β-unsaturated/α-hetero) is 1. The lowest BCUT2D eigenvalue weighted by Crippen LogP contribution is -2.61. The monoisotopic (exact) mass is 1090 g/mol. The first-order valence-corrected chi connectivity index (χ1v) is 28.6. The standard InChI is InChI=1S/C54H97N13O10/c1-31(2)29-39-49(72)62-38(18-10-12-24-56)54(77)67-28-16-22-42(67)50(73)65-44(34(7)8)52(75)60-36(20-14-26-58)47(70)64-40(30-32(3)4)48(71)61-37(17-9-11-23-55)53(76)66-27-15-21-41(66)45(68)43(33(5)6)51(74)59-35(19-13-25-57)46(69)63-39/h31-44H,9-30,55-58H2,1-8H3,(H,59,74)(H,60,75)(H,61,71)(H,62,72)(H,63,69)(H,64,70)(H,65,73)/t35-,36-,37+,38+,39-,40-,41-,42-,43-,44-/m0/s1. The summed E-state index contributed by atoms with van der Waals surface area (Å²) in [6.07, 6.45) is 4.69. The van der Waals surface area contributed by atoms with Crippen LogP contribution in [0.4, 0.5) is 0 Å². The second-order valence-corrected chi connectivity index (χ2v) is 22.8. The highest BCUT2D eigenvalue weighted by atomic mass is 16.2. The van der Waals surface area contributed by atoms with Gasteiger partial charge in [0.05, 0.1) is 6.04 Å². The molecule has 0 aliphatic carbocycles. The number of ketones is 1. The van der Waals surface area contributed by atoms with Gasteiger partial charge in [-0.2, -0.15) is 0 Å². The zero-order valence-corrected chi connectivity index (χ0v) is 47.4. The van der Waals surface area contributed by atoms with Crippen molar-refractivity contribution in [2.24, 2.45) is 52.5 Å².